The standard InChI is InChI=1S/C18H17N5S/c1-2-11-3-4-13-14(9-11)24-18-15(13)17-21-16(22-23(17)10-20-18)12-5-7-19-8-6-12/h5-8,10-11H,2-4,9H2,1H3/t11-/m0/s1. The molecule has 0 saturated carbocycles. The molecule has 6 heteroatoms. The normalized spacial score (nSPS) is 17.5. The number of hydrogen-bond acceptors (Lipinski definition) is 5. The van der Waals surface area contributed by atoms with Gasteiger partial charge < -0.3 is 0 Å². The molecule has 0 radical (unpaired) electrons. The van der Waals surface area contributed by atoms with E-state index in [0.717, 1.165) is 34.2 Å². The van der Waals surface area contributed by atoms with Crippen molar-refractivity contribution in [1.82, 2.24) is 24.6 Å². The summed E-state index contributed by atoms with van der Waals surface area (Å²) in [5.41, 5.74) is 3.36. The molecule has 0 bridgehead atoms. The lowest BCUT2D eigenvalue weighted by molar-refractivity contribution is 0.451. The van der Waals surface area contributed by atoms with Crippen LogP contribution in [0.25, 0.3) is 27.3 Å². The van der Waals surface area contributed by atoms with Gasteiger partial charge in [0.15, 0.2) is 11.5 Å². The van der Waals surface area contributed by atoms with E-state index in [2.05, 4.69) is 22.0 Å². The third-order valence-electron chi connectivity index (χ3n) is 5.00. The lowest BCUT2D eigenvalue weighted by atomic mass is 9.86. The average molecular weight is 335 g/mol. The summed E-state index contributed by atoms with van der Waals surface area (Å²) in [6, 6.07) is 3.88. The largest absolute Gasteiger partial charge is 0.265 e. The summed E-state index contributed by atoms with van der Waals surface area (Å²) >= 11 is 1.84. The fourth-order valence-electron chi connectivity index (χ4n) is 3.61. The SMILES string of the molecule is CC[C@H]1CCc2c(sc3ncn4nc(-c5ccncc5)nc4c23)C1. The number of pyridine rings is 1. The van der Waals surface area contributed by atoms with Gasteiger partial charge >= 0.3 is 0 Å². The van der Waals surface area contributed by atoms with Gasteiger partial charge in [0.2, 0.25) is 0 Å². The first-order valence-electron chi connectivity index (χ1n) is 8.39. The van der Waals surface area contributed by atoms with Crippen molar-refractivity contribution in [3.8, 4) is 11.4 Å². The van der Waals surface area contributed by atoms with Crippen molar-refractivity contribution in [2.24, 2.45) is 5.92 Å². The van der Waals surface area contributed by atoms with Crippen LogP contribution in [0.15, 0.2) is 30.9 Å². The van der Waals surface area contributed by atoms with Crippen molar-refractivity contribution >= 4 is 27.2 Å². The zero-order valence-electron chi connectivity index (χ0n) is 13.4. The van der Waals surface area contributed by atoms with Crippen molar-refractivity contribution in [3.05, 3.63) is 41.3 Å². The monoisotopic (exact) mass is 335 g/mol. The van der Waals surface area contributed by atoms with Crippen molar-refractivity contribution in [2.45, 2.75) is 32.6 Å². The van der Waals surface area contributed by atoms with Crippen LogP contribution in [0, 0.1) is 5.92 Å². The summed E-state index contributed by atoms with van der Waals surface area (Å²) in [6.45, 7) is 2.29. The fourth-order valence-corrected chi connectivity index (χ4v) is 4.91. The molecule has 0 fully saturated rings. The molecule has 5 nitrogen and oxygen atoms in total. The summed E-state index contributed by atoms with van der Waals surface area (Å²) in [4.78, 5) is 16.1. The number of aryl methyl sites for hydroxylation is 1. The number of thiophene rings is 1. The molecule has 4 heterocycles. The molecule has 0 saturated heterocycles. The number of hydrogen-bond donors (Lipinski definition) is 0. The first kappa shape index (κ1) is 14.0. The van der Waals surface area contributed by atoms with Gasteiger partial charge in [0.05, 0.1) is 5.39 Å². The van der Waals surface area contributed by atoms with E-state index in [4.69, 9.17) is 4.98 Å². The lowest BCUT2D eigenvalue weighted by Crippen LogP contribution is -2.11. The molecule has 0 aliphatic heterocycles. The summed E-state index contributed by atoms with van der Waals surface area (Å²) in [7, 11) is 0. The van der Waals surface area contributed by atoms with Gasteiger partial charge in [0.1, 0.15) is 11.2 Å². The Kier molecular flexibility index (Phi) is 3.13. The molecule has 4 aromatic rings. The van der Waals surface area contributed by atoms with Crippen LogP contribution in [-0.4, -0.2) is 24.6 Å². The minimum Gasteiger partial charge on any atom is -0.265 e. The van der Waals surface area contributed by atoms with Gasteiger partial charge in [-0.15, -0.1) is 16.4 Å². The maximum Gasteiger partial charge on any atom is 0.182 e. The Balaban J connectivity index is 1.73. The molecule has 1 aliphatic carbocycles. The molecular formula is C18H17N5S. The highest BCUT2D eigenvalue weighted by Crippen LogP contribution is 2.39. The van der Waals surface area contributed by atoms with E-state index in [9.17, 15) is 0 Å². The molecule has 24 heavy (non-hydrogen) atoms. The van der Waals surface area contributed by atoms with E-state index in [0.29, 0.717) is 0 Å². The van der Waals surface area contributed by atoms with Crippen LogP contribution in [0.1, 0.15) is 30.2 Å². The first-order valence-corrected chi connectivity index (χ1v) is 9.21. The molecule has 120 valence electrons. The van der Waals surface area contributed by atoms with Crippen LogP contribution in [0.5, 0.6) is 0 Å². The number of aromatic nitrogens is 5. The van der Waals surface area contributed by atoms with E-state index >= 15 is 0 Å². The van der Waals surface area contributed by atoms with Gasteiger partial charge in [-0.1, -0.05) is 13.3 Å². The van der Waals surface area contributed by atoms with Crippen LogP contribution in [0.4, 0.5) is 0 Å². The highest BCUT2D eigenvalue weighted by Gasteiger charge is 2.24. The number of rotatable bonds is 2. The van der Waals surface area contributed by atoms with Crippen LogP contribution in [0.2, 0.25) is 0 Å². The molecule has 5 rings (SSSR count). The Bertz CT molecular complexity index is 1030. The van der Waals surface area contributed by atoms with Gasteiger partial charge in [-0.05, 0) is 42.9 Å². The fraction of sp³-hybridized carbons (Fsp3) is 0.333. The second-order valence-corrected chi connectivity index (χ2v) is 7.47. The molecule has 1 aliphatic rings. The van der Waals surface area contributed by atoms with Crippen molar-refractivity contribution in [3.63, 3.8) is 0 Å². The zero-order chi connectivity index (χ0) is 16.1. The maximum atomic E-state index is 4.82. The molecular weight excluding hydrogens is 318 g/mol. The van der Waals surface area contributed by atoms with E-state index < -0.39 is 0 Å². The Morgan fingerprint density at radius 2 is 2.17 bits per heavy atom. The van der Waals surface area contributed by atoms with E-state index in [1.54, 1.807) is 18.7 Å². The minimum atomic E-state index is 0.730. The molecule has 4 aromatic heterocycles. The second-order valence-electron chi connectivity index (χ2n) is 6.39. The second kappa shape index (κ2) is 5.34. The molecule has 0 N–H and O–H groups in total. The highest BCUT2D eigenvalue weighted by molar-refractivity contribution is 7.19. The lowest BCUT2D eigenvalue weighted by Gasteiger charge is -2.20. The summed E-state index contributed by atoms with van der Waals surface area (Å²) in [5.74, 6) is 1.54. The molecule has 0 unspecified atom stereocenters. The van der Waals surface area contributed by atoms with Crippen LogP contribution >= 0.6 is 11.3 Å². The summed E-state index contributed by atoms with van der Waals surface area (Å²) in [6.07, 6.45) is 10.2. The minimum absolute atomic E-state index is 0.730. The van der Waals surface area contributed by atoms with E-state index in [1.807, 2.05) is 28.0 Å². The molecule has 0 amide bonds. The number of fused-ring (bicyclic) bond motifs is 5. The Morgan fingerprint density at radius 3 is 3.00 bits per heavy atom. The third-order valence-corrected chi connectivity index (χ3v) is 6.17. The topological polar surface area (TPSA) is 56.0 Å². The van der Waals surface area contributed by atoms with Crippen molar-refractivity contribution in [1.29, 1.82) is 0 Å². The Hall–Kier alpha value is -2.34. The highest BCUT2D eigenvalue weighted by atomic mass is 32.1. The predicted molar refractivity (Wildman–Crippen MR) is 95.2 cm³/mol. The smallest absolute Gasteiger partial charge is 0.182 e. The molecule has 0 spiro atoms. The Labute approximate surface area is 143 Å². The van der Waals surface area contributed by atoms with Crippen LogP contribution in [-0.2, 0) is 12.8 Å². The van der Waals surface area contributed by atoms with Gasteiger partial charge in [0, 0.05) is 22.8 Å². The Morgan fingerprint density at radius 1 is 1.29 bits per heavy atom. The van der Waals surface area contributed by atoms with Gasteiger partial charge in [0.25, 0.3) is 0 Å². The first-order chi connectivity index (χ1) is 11.8. The predicted octanol–water partition coefficient (Wildman–Crippen LogP) is 3.92. The quantitative estimate of drug-likeness (QED) is 0.557. The van der Waals surface area contributed by atoms with E-state index in [1.165, 1.54) is 35.1 Å². The van der Waals surface area contributed by atoms with Crippen molar-refractivity contribution in [2.75, 3.05) is 0 Å². The van der Waals surface area contributed by atoms with E-state index in [-0.39, 0.29) is 0 Å². The van der Waals surface area contributed by atoms with Gasteiger partial charge in [-0.25, -0.2) is 14.5 Å². The average Bonchev–Trinajstić information content (AvgIpc) is 3.22. The van der Waals surface area contributed by atoms with Crippen LogP contribution < -0.4 is 0 Å². The molecule has 1 atom stereocenters. The zero-order valence-corrected chi connectivity index (χ0v) is 14.3. The van der Waals surface area contributed by atoms with Gasteiger partial charge in [-0.2, -0.15) is 0 Å². The summed E-state index contributed by atoms with van der Waals surface area (Å²) < 4.78 is 1.82. The van der Waals surface area contributed by atoms with Gasteiger partial charge in [-0.3, -0.25) is 4.98 Å². The van der Waals surface area contributed by atoms with Crippen molar-refractivity contribution < 1.29 is 0 Å². The number of nitrogens with zero attached hydrogens (tertiary/aromatic N) is 5. The molecule has 0 aromatic carbocycles. The van der Waals surface area contributed by atoms with Crippen LogP contribution in [0.3, 0.4) is 0 Å². The maximum absolute atomic E-state index is 4.82. The third kappa shape index (κ3) is 2.06. The summed E-state index contributed by atoms with van der Waals surface area (Å²) in [5, 5.41) is 5.82.